The fourth-order valence-electron chi connectivity index (χ4n) is 2.33. The monoisotopic (exact) mass is 394 g/mol. The molecule has 1 rings (SSSR count). The molecule has 0 saturated heterocycles. The molecular weight excluding hydrogens is 353 g/mol. The first-order valence-corrected chi connectivity index (χ1v) is 8.74. The fourth-order valence-corrected chi connectivity index (χ4v) is 2.33. The standard InChI is InChI=1S/2C8H18N.C5H5N.Co/c2*1-7(2,3)9-8(4,5)6;1-2-4-6-5-3-1;/h2*1-6H3;1-5H;/q2*-1;;+2. The molecule has 4 heteroatoms. The average molecular weight is 395 g/mol. The Bertz CT molecular complexity index is 327. The molecule has 0 bridgehead atoms. The fraction of sp³-hybridized carbons (Fsp3) is 0.762. The second kappa shape index (κ2) is 12.1. The van der Waals surface area contributed by atoms with Gasteiger partial charge in [-0.1, -0.05) is 89.2 Å². The third-order valence-electron chi connectivity index (χ3n) is 1.91. The summed E-state index contributed by atoms with van der Waals surface area (Å²) in [5.41, 5.74) is 0.438. The van der Waals surface area contributed by atoms with Crippen molar-refractivity contribution < 1.29 is 16.8 Å². The van der Waals surface area contributed by atoms with Crippen LogP contribution >= 0.6 is 0 Å². The Morgan fingerprint density at radius 2 is 0.720 bits per heavy atom. The summed E-state index contributed by atoms with van der Waals surface area (Å²) in [6, 6.07) is 5.72. The van der Waals surface area contributed by atoms with Gasteiger partial charge in [-0.25, -0.2) is 0 Å². The summed E-state index contributed by atoms with van der Waals surface area (Å²) in [4.78, 5) is 3.78. The van der Waals surface area contributed by atoms with Gasteiger partial charge in [0.05, 0.1) is 0 Å². The van der Waals surface area contributed by atoms with E-state index in [2.05, 4.69) is 98.7 Å². The predicted molar refractivity (Wildman–Crippen MR) is 110 cm³/mol. The second-order valence-corrected chi connectivity index (χ2v) is 9.93. The van der Waals surface area contributed by atoms with E-state index in [0.717, 1.165) is 0 Å². The van der Waals surface area contributed by atoms with Crippen molar-refractivity contribution in [3.63, 3.8) is 0 Å². The van der Waals surface area contributed by atoms with Gasteiger partial charge in [-0.15, -0.1) is 22.2 Å². The van der Waals surface area contributed by atoms with Crippen LogP contribution in [0.1, 0.15) is 83.1 Å². The van der Waals surface area contributed by atoms with Gasteiger partial charge in [-0.2, -0.15) is 0 Å². The van der Waals surface area contributed by atoms with Crippen molar-refractivity contribution in [3.05, 3.63) is 41.2 Å². The van der Waals surface area contributed by atoms with Crippen LogP contribution in [0.5, 0.6) is 0 Å². The Balaban J connectivity index is -0.000000289. The van der Waals surface area contributed by atoms with Crippen LogP contribution in [0, 0.1) is 0 Å². The molecule has 1 heterocycles. The van der Waals surface area contributed by atoms with Crippen LogP contribution in [-0.4, -0.2) is 27.1 Å². The van der Waals surface area contributed by atoms with Gasteiger partial charge >= 0.3 is 16.8 Å². The molecule has 0 aromatic carbocycles. The zero-order valence-electron chi connectivity index (χ0n) is 18.6. The first-order chi connectivity index (χ1) is 10.4. The molecule has 0 spiro atoms. The Morgan fingerprint density at radius 3 is 0.760 bits per heavy atom. The summed E-state index contributed by atoms with van der Waals surface area (Å²) in [5, 5.41) is 9.08. The van der Waals surface area contributed by atoms with Crippen LogP contribution in [0.2, 0.25) is 0 Å². The first-order valence-electron chi connectivity index (χ1n) is 8.74. The van der Waals surface area contributed by atoms with E-state index in [9.17, 15) is 0 Å². The van der Waals surface area contributed by atoms with E-state index in [0.29, 0.717) is 0 Å². The van der Waals surface area contributed by atoms with E-state index in [1.54, 1.807) is 12.4 Å². The van der Waals surface area contributed by atoms with Gasteiger partial charge < -0.3 is 10.6 Å². The van der Waals surface area contributed by atoms with Gasteiger partial charge in [0.1, 0.15) is 0 Å². The number of aromatic nitrogens is 1. The topological polar surface area (TPSA) is 41.1 Å². The molecule has 149 valence electrons. The Hall–Kier alpha value is -0.424. The molecular formula is C21H41CoN3. The smallest absolute Gasteiger partial charge is 0.653 e. The zero-order valence-corrected chi connectivity index (χ0v) is 19.6. The first kappa shape index (κ1) is 29.3. The molecule has 1 aromatic heterocycles. The van der Waals surface area contributed by atoms with Crippen molar-refractivity contribution in [2.45, 2.75) is 105 Å². The van der Waals surface area contributed by atoms with E-state index in [1.807, 2.05) is 18.2 Å². The van der Waals surface area contributed by atoms with Gasteiger partial charge in [-0.3, -0.25) is 4.98 Å². The molecule has 3 nitrogen and oxygen atoms in total. The number of rotatable bonds is 0. The summed E-state index contributed by atoms with van der Waals surface area (Å²) >= 11 is 0. The third kappa shape index (κ3) is 35.5. The minimum absolute atomic E-state index is 0. The van der Waals surface area contributed by atoms with Crippen LogP contribution in [0.15, 0.2) is 30.6 Å². The summed E-state index contributed by atoms with van der Waals surface area (Å²) in [7, 11) is 0. The van der Waals surface area contributed by atoms with Gasteiger partial charge in [0.15, 0.2) is 0 Å². The van der Waals surface area contributed by atoms with E-state index >= 15 is 0 Å². The van der Waals surface area contributed by atoms with Crippen LogP contribution in [0.25, 0.3) is 10.6 Å². The maximum Gasteiger partial charge on any atom is 2.00 e. The molecule has 0 unspecified atom stereocenters. The maximum absolute atomic E-state index is 4.54. The van der Waals surface area contributed by atoms with E-state index in [1.165, 1.54) is 0 Å². The molecule has 0 aliphatic heterocycles. The minimum Gasteiger partial charge on any atom is -0.653 e. The molecule has 0 saturated carbocycles. The second-order valence-electron chi connectivity index (χ2n) is 9.93. The van der Waals surface area contributed by atoms with Gasteiger partial charge in [0.2, 0.25) is 0 Å². The van der Waals surface area contributed by atoms with Crippen molar-refractivity contribution in [3.8, 4) is 0 Å². The maximum atomic E-state index is 4.54. The minimum atomic E-state index is 0. The molecule has 0 fully saturated rings. The number of nitrogens with zero attached hydrogens (tertiary/aromatic N) is 3. The van der Waals surface area contributed by atoms with E-state index < -0.39 is 0 Å². The van der Waals surface area contributed by atoms with E-state index in [4.69, 9.17) is 0 Å². The summed E-state index contributed by atoms with van der Waals surface area (Å²) in [6.45, 7) is 25.5. The molecule has 25 heavy (non-hydrogen) atoms. The molecule has 0 N–H and O–H groups in total. The molecule has 1 radical (unpaired) electrons. The van der Waals surface area contributed by atoms with Gasteiger partial charge in [0, 0.05) is 12.4 Å². The molecule has 0 aliphatic carbocycles. The molecule has 1 aromatic rings. The van der Waals surface area contributed by atoms with Gasteiger partial charge in [0.25, 0.3) is 0 Å². The average Bonchev–Trinajstić information content (AvgIpc) is 2.22. The molecule has 0 atom stereocenters. The summed E-state index contributed by atoms with van der Waals surface area (Å²) in [5.74, 6) is 0. The molecule has 0 aliphatic rings. The van der Waals surface area contributed by atoms with Crippen LogP contribution in [-0.2, 0) is 16.8 Å². The summed E-state index contributed by atoms with van der Waals surface area (Å²) in [6.07, 6.45) is 3.50. The quantitative estimate of drug-likeness (QED) is 0.467. The van der Waals surface area contributed by atoms with Crippen molar-refractivity contribution in [2.75, 3.05) is 0 Å². The largest absolute Gasteiger partial charge is 2.00 e. The number of hydrogen-bond acceptors (Lipinski definition) is 1. The van der Waals surface area contributed by atoms with Crippen molar-refractivity contribution in [1.82, 2.24) is 4.98 Å². The van der Waals surface area contributed by atoms with Crippen LogP contribution in [0.4, 0.5) is 0 Å². The van der Waals surface area contributed by atoms with Crippen molar-refractivity contribution in [2.24, 2.45) is 0 Å². The Morgan fingerprint density at radius 1 is 0.480 bits per heavy atom. The van der Waals surface area contributed by atoms with Gasteiger partial charge in [-0.05, 0) is 12.1 Å². The van der Waals surface area contributed by atoms with Crippen LogP contribution in [0.3, 0.4) is 0 Å². The Labute approximate surface area is 168 Å². The zero-order chi connectivity index (χ0) is 19.7. The predicted octanol–water partition coefficient (Wildman–Crippen LogP) is 6.99. The van der Waals surface area contributed by atoms with Crippen molar-refractivity contribution >= 4 is 0 Å². The SMILES string of the molecule is CC(C)(C)[N-]C(C)(C)C.CC(C)(C)[N-]C(C)(C)C.[Co+2].c1ccncc1. The Kier molecular flexibility index (Phi) is 14.1. The third-order valence-corrected chi connectivity index (χ3v) is 1.91. The summed E-state index contributed by atoms with van der Waals surface area (Å²) < 4.78 is 0. The molecule has 0 amide bonds. The number of pyridine rings is 1. The normalized spacial score (nSPS) is 12.0. The van der Waals surface area contributed by atoms with Crippen molar-refractivity contribution in [1.29, 1.82) is 0 Å². The number of hydrogen-bond donors (Lipinski definition) is 0. The van der Waals surface area contributed by atoms with Crippen LogP contribution < -0.4 is 0 Å². The van der Waals surface area contributed by atoms with E-state index in [-0.39, 0.29) is 38.9 Å².